The lowest BCUT2D eigenvalue weighted by atomic mass is 10.0. The van der Waals surface area contributed by atoms with Gasteiger partial charge in [-0.05, 0) is 40.5 Å². The number of aryl methyl sites for hydroxylation is 1. The zero-order valence-electron chi connectivity index (χ0n) is 11.3. The van der Waals surface area contributed by atoms with Gasteiger partial charge in [0.25, 0.3) is 0 Å². The van der Waals surface area contributed by atoms with E-state index in [4.69, 9.17) is 5.26 Å². The Balaban J connectivity index is 2.23. The third-order valence-corrected chi connectivity index (χ3v) is 3.68. The largest absolute Gasteiger partial charge is 0.288 e. The van der Waals surface area contributed by atoms with E-state index in [1.807, 2.05) is 35.0 Å². The number of ketones is 1. The van der Waals surface area contributed by atoms with E-state index in [0.29, 0.717) is 5.56 Å². The number of allylic oxidation sites excluding steroid dienone is 1. The zero-order valence-corrected chi connectivity index (χ0v) is 12.1. The van der Waals surface area contributed by atoms with E-state index in [1.54, 1.807) is 29.5 Å². The van der Waals surface area contributed by atoms with Crippen LogP contribution in [0.15, 0.2) is 46.7 Å². The maximum absolute atomic E-state index is 12.3. The summed E-state index contributed by atoms with van der Waals surface area (Å²) < 4.78 is 0. The predicted octanol–water partition coefficient (Wildman–Crippen LogP) is 4.49. The van der Waals surface area contributed by atoms with Gasteiger partial charge >= 0.3 is 0 Å². The zero-order chi connectivity index (χ0) is 14.4. The lowest BCUT2D eigenvalue weighted by molar-refractivity contribution is 0.104. The summed E-state index contributed by atoms with van der Waals surface area (Å²) in [4.78, 5) is 12.3. The topological polar surface area (TPSA) is 40.9 Å². The van der Waals surface area contributed by atoms with Crippen LogP contribution >= 0.6 is 11.3 Å². The van der Waals surface area contributed by atoms with Gasteiger partial charge in [-0.25, -0.2) is 0 Å². The van der Waals surface area contributed by atoms with E-state index in [0.717, 1.165) is 18.4 Å². The number of carbonyl (C=O) groups excluding carboxylic acids is 1. The molecular formula is C17H15NOS. The van der Waals surface area contributed by atoms with E-state index < -0.39 is 0 Å². The minimum atomic E-state index is -0.221. The number of nitriles is 1. The second-order valence-electron chi connectivity index (χ2n) is 4.50. The Morgan fingerprint density at radius 3 is 2.60 bits per heavy atom. The molecule has 0 radical (unpaired) electrons. The summed E-state index contributed by atoms with van der Waals surface area (Å²) in [6, 6.07) is 11.4. The molecule has 0 unspecified atom stereocenters. The van der Waals surface area contributed by atoms with Crippen molar-refractivity contribution in [2.24, 2.45) is 0 Å². The highest BCUT2D eigenvalue weighted by Gasteiger charge is 2.12. The van der Waals surface area contributed by atoms with Crippen molar-refractivity contribution in [3.8, 4) is 6.07 Å². The number of hydrogen-bond donors (Lipinski definition) is 0. The fourth-order valence-corrected chi connectivity index (χ4v) is 2.56. The molecule has 3 heteroatoms. The molecular weight excluding hydrogens is 266 g/mol. The molecule has 1 aromatic heterocycles. The number of benzene rings is 1. The molecule has 0 saturated heterocycles. The van der Waals surface area contributed by atoms with E-state index in [1.165, 1.54) is 5.56 Å². The van der Waals surface area contributed by atoms with E-state index in [9.17, 15) is 4.79 Å². The molecule has 0 aliphatic carbocycles. The molecule has 0 amide bonds. The summed E-state index contributed by atoms with van der Waals surface area (Å²) >= 11 is 1.54. The Morgan fingerprint density at radius 2 is 2.05 bits per heavy atom. The summed E-state index contributed by atoms with van der Waals surface area (Å²) in [5.74, 6) is -0.221. The lowest BCUT2D eigenvalue weighted by Crippen LogP contribution is -2.02. The van der Waals surface area contributed by atoms with Crippen molar-refractivity contribution < 1.29 is 4.79 Å². The Morgan fingerprint density at radius 1 is 1.30 bits per heavy atom. The molecule has 0 spiro atoms. The summed E-state index contributed by atoms with van der Waals surface area (Å²) in [5.41, 5.74) is 2.84. The highest BCUT2D eigenvalue weighted by molar-refractivity contribution is 7.08. The molecule has 100 valence electrons. The minimum absolute atomic E-state index is 0.173. The number of rotatable bonds is 5. The third-order valence-electron chi connectivity index (χ3n) is 2.97. The van der Waals surface area contributed by atoms with Crippen LogP contribution in [0.3, 0.4) is 0 Å². The predicted molar refractivity (Wildman–Crippen MR) is 82.7 cm³/mol. The minimum Gasteiger partial charge on any atom is -0.288 e. The van der Waals surface area contributed by atoms with Crippen LogP contribution in [-0.4, -0.2) is 5.78 Å². The first-order valence-electron chi connectivity index (χ1n) is 6.52. The fraction of sp³-hybridized carbons (Fsp3) is 0.176. The number of thiophene rings is 1. The number of carbonyl (C=O) groups is 1. The van der Waals surface area contributed by atoms with Crippen molar-refractivity contribution in [1.29, 1.82) is 5.26 Å². The van der Waals surface area contributed by atoms with Crippen molar-refractivity contribution in [2.45, 2.75) is 19.8 Å². The average Bonchev–Trinajstić information content (AvgIpc) is 2.98. The first-order chi connectivity index (χ1) is 9.74. The number of hydrogen-bond acceptors (Lipinski definition) is 3. The van der Waals surface area contributed by atoms with Crippen LogP contribution in [0.1, 0.15) is 34.8 Å². The second kappa shape index (κ2) is 6.83. The maximum atomic E-state index is 12.3. The molecule has 0 saturated carbocycles. The van der Waals surface area contributed by atoms with Crippen molar-refractivity contribution in [3.63, 3.8) is 0 Å². The highest BCUT2D eigenvalue weighted by atomic mass is 32.1. The van der Waals surface area contributed by atoms with Gasteiger partial charge in [-0.2, -0.15) is 16.6 Å². The van der Waals surface area contributed by atoms with Crippen LogP contribution < -0.4 is 0 Å². The normalized spacial score (nSPS) is 11.1. The third kappa shape index (κ3) is 3.43. The van der Waals surface area contributed by atoms with Crippen LogP contribution in [0.5, 0.6) is 0 Å². The summed E-state index contributed by atoms with van der Waals surface area (Å²) in [7, 11) is 0. The molecule has 0 aliphatic heterocycles. The highest BCUT2D eigenvalue weighted by Crippen LogP contribution is 2.15. The smallest absolute Gasteiger partial charge is 0.203 e. The van der Waals surface area contributed by atoms with Crippen molar-refractivity contribution >= 4 is 23.2 Å². The van der Waals surface area contributed by atoms with E-state index in [2.05, 4.69) is 6.92 Å². The Kier molecular flexibility index (Phi) is 4.86. The van der Waals surface area contributed by atoms with Gasteiger partial charge in [0.15, 0.2) is 0 Å². The van der Waals surface area contributed by atoms with E-state index >= 15 is 0 Å². The first kappa shape index (κ1) is 14.2. The molecule has 0 bridgehead atoms. The molecule has 0 aliphatic rings. The average molecular weight is 281 g/mol. The molecule has 20 heavy (non-hydrogen) atoms. The summed E-state index contributed by atoms with van der Waals surface area (Å²) in [6.45, 7) is 2.12. The van der Waals surface area contributed by atoms with Crippen molar-refractivity contribution in [3.05, 3.63) is 63.4 Å². The molecule has 0 atom stereocenters. The number of Topliss-reactive ketones (excluding diaryl/α,β-unsaturated/α-hetero) is 1. The van der Waals surface area contributed by atoms with Crippen molar-refractivity contribution in [2.75, 3.05) is 0 Å². The van der Waals surface area contributed by atoms with Crippen LogP contribution in [0.25, 0.3) is 6.08 Å². The maximum Gasteiger partial charge on any atom is 0.203 e. The van der Waals surface area contributed by atoms with E-state index in [-0.39, 0.29) is 11.4 Å². The molecule has 2 nitrogen and oxygen atoms in total. The van der Waals surface area contributed by atoms with Gasteiger partial charge in [0.05, 0.1) is 0 Å². The van der Waals surface area contributed by atoms with Gasteiger partial charge in [0, 0.05) is 5.56 Å². The van der Waals surface area contributed by atoms with Crippen LogP contribution in [0.4, 0.5) is 0 Å². The standard InChI is InChI=1S/C17H15NOS/c1-2-3-13-4-6-15(7-5-13)17(19)16(11-18)10-14-8-9-20-12-14/h4-10,12H,2-3H2,1H3/b16-10+. The van der Waals surface area contributed by atoms with Gasteiger partial charge in [-0.3, -0.25) is 4.79 Å². The molecule has 2 rings (SSSR count). The van der Waals surface area contributed by atoms with Crippen LogP contribution in [-0.2, 0) is 6.42 Å². The van der Waals surface area contributed by atoms with Gasteiger partial charge in [0.2, 0.25) is 5.78 Å². The van der Waals surface area contributed by atoms with Crippen LogP contribution in [0.2, 0.25) is 0 Å². The second-order valence-corrected chi connectivity index (χ2v) is 5.28. The summed E-state index contributed by atoms with van der Waals surface area (Å²) in [6.07, 6.45) is 3.72. The Hall–Kier alpha value is -2.18. The molecule has 0 N–H and O–H groups in total. The monoisotopic (exact) mass is 281 g/mol. The van der Waals surface area contributed by atoms with Gasteiger partial charge in [-0.1, -0.05) is 37.6 Å². The SMILES string of the molecule is CCCc1ccc(C(=O)/C(C#N)=C/c2ccsc2)cc1. The molecule has 2 aromatic rings. The van der Waals surface area contributed by atoms with Crippen LogP contribution in [0, 0.1) is 11.3 Å². The molecule has 0 fully saturated rings. The molecule has 1 aromatic carbocycles. The quantitative estimate of drug-likeness (QED) is 0.460. The Labute approximate surface area is 123 Å². The van der Waals surface area contributed by atoms with Crippen molar-refractivity contribution in [1.82, 2.24) is 0 Å². The van der Waals surface area contributed by atoms with Gasteiger partial charge in [0.1, 0.15) is 11.6 Å². The Bertz CT molecular complexity index is 645. The molecule has 1 heterocycles. The van der Waals surface area contributed by atoms with Gasteiger partial charge in [-0.15, -0.1) is 0 Å². The number of nitrogens with zero attached hydrogens (tertiary/aromatic N) is 1. The summed E-state index contributed by atoms with van der Waals surface area (Å²) in [5, 5.41) is 13.0. The first-order valence-corrected chi connectivity index (χ1v) is 7.46. The lowest BCUT2D eigenvalue weighted by Gasteiger charge is -2.02. The van der Waals surface area contributed by atoms with Gasteiger partial charge < -0.3 is 0 Å². The fourth-order valence-electron chi connectivity index (χ4n) is 1.94.